The fraction of sp³-hybridized carbons (Fsp3) is 0.143. The number of rotatable bonds is 3. The molecule has 0 unspecified atom stereocenters. The highest BCUT2D eigenvalue weighted by molar-refractivity contribution is 5.37. The highest BCUT2D eigenvalue weighted by atomic mass is 14.9. The van der Waals surface area contributed by atoms with Crippen molar-refractivity contribution in [2.24, 2.45) is 0 Å². The summed E-state index contributed by atoms with van der Waals surface area (Å²) < 4.78 is 0. The fourth-order valence-electron chi connectivity index (χ4n) is 0.580. The van der Waals surface area contributed by atoms with E-state index in [-0.39, 0.29) is 0 Å². The number of nitrogens with zero attached hydrogens (tertiary/aromatic N) is 2. The molecule has 0 saturated carbocycles. The van der Waals surface area contributed by atoms with E-state index in [1.807, 2.05) is 0 Å². The second-order valence-electron chi connectivity index (χ2n) is 1.80. The number of nitrogens with one attached hydrogen (secondary N) is 1. The predicted molar refractivity (Wildman–Crippen MR) is 40.7 cm³/mol. The molecule has 52 valence electrons. The number of anilines is 1. The van der Waals surface area contributed by atoms with Gasteiger partial charge in [-0.25, -0.2) is 9.97 Å². The summed E-state index contributed by atoms with van der Waals surface area (Å²) in [6.45, 7) is 4.32. The molecule has 1 aromatic rings. The van der Waals surface area contributed by atoms with Crippen LogP contribution in [0.5, 0.6) is 0 Å². The molecule has 0 fully saturated rings. The van der Waals surface area contributed by atoms with E-state index < -0.39 is 0 Å². The van der Waals surface area contributed by atoms with Gasteiger partial charge in [0.15, 0.2) is 0 Å². The van der Waals surface area contributed by atoms with Crippen LogP contribution in [0.2, 0.25) is 0 Å². The molecule has 0 aliphatic carbocycles. The van der Waals surface area contributed by atoms with Crippen LogP contribution in [-0.2, 0) is 0 Å². The van der Waals surface area contributed by atoms with E-state index in [0.29, 0.717) is 0 Å². The van der Waals surface area contributed by atoms with Crippen LogP contribution in [0.3, 0.4) is 0 Å². The van der Waals surface area contributed by atoms with Gasteiger partial charge in [-0.05, 0) is 0 Å². The minimum Gasteiger partial charge on any atom is -0.379 e. The maximum absolute atomic E-state index is 3.83. The second-order valence-corrected chi connectivity index (χ2v) is 1.80. The van der Waals surface area contributed by atoms with Gasteiger partial charge in [-0.15, -0.1) is 6.58 Å². The molecule has 0 aliphatic rings. The van der Waals surface area contributed by atoms with E-state index in [1.54, 1.807) is 18.5 Å². The van der Waals surface area contributed by atoms with E-state index in [0.717, 1.165) is 12.2 Å². The Morgan fingerprint density at radius 1 is 1.50 bits per heavy atom. The van der Waals surface area contributed by atoms with Crippen LogP contribution in [0.4, 0.5) is 5.69 Å². The predicted octanol–water partition coefficient (Wildman–Crippen LogP) is 1.07. The van der Waals surface area contributed by atoms with Gasteiger partial charge in [0.2, 0.25) is 0 Å². The fourth-order valence-corrected chi connectivity index (χ4v) is 0.580. The van der Waals surface area contributed by atoms with Gasteiger partial charge in [0.1, 0.15) is 6.33 Å². The summed E-state index contributed by atoms with van der Waals surface area (Å²) in [5, 5.41) is 3.05. The molecule has 3 heteroatoms. The lowest BCUT2D eigenvalue weighted by atomic mass is 10.5. The van der Waals surface area contributed by atoms with E-state index in [1.165, 1.54) is 6.33 Å². The van der Waals surface area contributed by atoms with Gasteiger partial charge < -0.3 is 5.32 Å². The Morgan fingerprint density at radius 3 is 2.80 bits per heavy atom. The highest BCUT2D eigenvalue weighted by Crippen LogP contribution is 1.97. The molecule has 3 nitrogen and oxygen atoms in total. The van der Waals surface area contributed by atoms with Gasteiger partial charge in [0.05, 0.1) is 18.1 Å². The Bertz CT molecular complexity index is 195. The molecule has 0 amide bonds. The van der Waals surface area contributed by atoms with Crippen molar-refractivity contribution >= 4 is 5.69 Å². The van der Waals surface area contributed by atoms with E-state index in [9.17, 15) is 0 Å². The third-order valence-electron chi connectivity index (χ3n) is 1.01. The SMILES string of the molecule is C=CCNc1cncnc1. The lowest BCUT2D eigenvalue weighted by Crippen LogP contribution is -1.97. The molecule has 10 heavy (non-hydrogen) atoms. The van der Waals surface area contributed by atoms with Gasteiger partial charge in [0.25, 0.3) is 0 Å². The standard InChI is InChI=1S/C7H9N3/c1-2-3-10-7-4-8-6-9-5-7/h2,4-6,10H,1,3H2. The molecule has 0 aliphatic heterocycles. The van der Waals surface area contributed by atoms with E-state index >= 15 is 0 Å². The van der Waals surface area contributed by atoms with Crippen molar-refractivity contribution in [1.29, 1.82) is 0 Å². The Morgan fingerprint density at radius 2 is 2.20 bits per heavy atom. The zero-order valence-corrected chi connectivity index (χ0v) is 5.62. The third kappa shape index (κ3) is 1.85. The van der Waals surface area contributed by atoms with Gasteiger partial charge in [-0.1, -0.05) is 6.08 Å². The van der Waals surface area contributed by atoms with E-state index in [4.69, 9.17) is 0 Å². The topological polar surface area (TPSA) is 37.8 Å². The quantitative estimate of drug-likeness (QED) is 0.630. The molecular weight excluding hydrogens is 126 g/mol. The van der Waals surface area contributed by atoms with Crippen LogP contribution < -0.4 is 5.32 Å². The number of hydrogen-bond acceptors (Lipinski definition) is 3. The molecule has 1 heterocycles. The first-order valence-corrected chi connectivity index (χ1v) is 3.03. The summed E-state index contributed by atoms with van der Waals surface area (Å²) in [5.74, 6) is 0. The normalized spacial score (nSPS) is 8.80. The maximum atomic E-state index is 3.83. The monoisotopic (exact) mass is 135 g/mol. The molecule has 0 aromatic carbocycles. The lowest BCUT2D eigenvalue weighted by molar-refractivity contribution is 1.15. The van der Waals surface area contributed by atoms with Crippen molar-refractivity contribution in [3.63, 3.8) is 0 Å². The summed E-state index contributed by atoms with van der Waals surface area (Å²) in [6, 6.07) is 0. The van der Waals surface area contributed by atoms with Crippen molar-refractivity contribution in [2.75, 3.05) is 11.9 Å². The zero-order valence-electron chi connectivity index (χ0n) is 5.62. The number of hydrogen-bond donors (Lipinski definition) is 1. The molecule has 0 radical (unpaired) electrons. The zero-order chi connectivity index (χ0) is 7.23. The molecule has 1 aromatic heterocycles. The molecule has 0 bridgehead atoms. The first kappa shape index (κ1) is 6.74. The van der Waals surface area contributed by atoms with Crippen molar-refractivity contribution < 1.29 is 0 Å². The lowest BCUT2D eigenvalue weighted by Gasteiger charge is -1.98. The van der Waals surface area contributed by atoms with Gasteiger partial charge in [0, 0.05) is 6.54 Å². The van der Waals surface area contributed by atoms with Crippen molar-refractivity contribution in [3.05, 3.63) is 31.4 Å². The first-order chi connectivity index (χ1) is 4.93. The summed E-state index contributed by atoms with van der Waals surface area (Å²) in [5.41, 5.74) is 0.919. The minimum absolute atomic E-state index is 0.743. The van der Waals surface area contributed by atoms with Gasteiger partial charge in [-0.2, -0.15) is 0 Å². The first-order valence-electron chi connectivity index (χ1n) is 3.03. The molecule has 0 saturated heterocycles. The molecule has 0 atom stereocenters. The Labute approximate surface area is 59.8 Å². The third-order valence-corrected chi connectivity index (χ3v) is 1.01. The Balaban J connectivity index is 2.50. The van der Waals surface area contributed by atoms with Gasteiger partial charge in [-0.3, -0.25) is 0 Å². The smallest absolute Gasteiger partial charge is 0.115 e. The Hall–Kier alpha value is -1.38. The van der Waals surface area contributed by atoms with Crippen LogP contribution in [0.25, 0.3) is 0 Å². The van der Waals surface area contributed by atoms with E-state index in [2.05, 4.69) is 21.9 Å². The summed E-state index contributed by atoms with van der Waals surface area (Å²) in [6.07, 6.45) is 6.72. The largest absolute Gasteiger partial charge is 0.379 e. The molecule has 1 rings (SSSR count). The number of aromatic nitrogens is 2. The van der Waals surface area contributed by atoms with Crippen LogP contribution in [-0.4, -0.2) is 16.5 Å². The summed E-state index contributed by atoms with van der Waals surface area (Å²) >= 11 is 0. The second kappa shape index (κ2) is 3.61. The summed E-state index contributed by atoms with van der Waals surface area (Å²) in [4.78, 5) is 7.66. The van der Waals surface area contributed by atoms with Crippen molar-refractivity contribution in [2.45, 2.75) is 0 Å². The molecule has 1 N–H and O–H groups in total. The molecule has 0 spiro atoms. The van der Waals surface area contributed by atoms with Crippen LogP contribution >= 0.6 is 0 Å². The molecular formula is C7H9N3. The van der Waals surface area contributed by atoms with Crippen LogP contribution in [0, 0.1) is 0 Å². The van der Waals surface area contributed by atoms with Crippen LogP contribution in [0.15, 0.2) is 31.4 Å². The minimum atomic E-state index is 0.743. The maximum Gasteiger partial charge on any atom is 0.115 e. The van der Waals surface area contributed by atoms with Crippen LogP contribution in [0.1, 0.15) is 0 Å². The average molecular weight is 135 g/mol. The van der Waals surface area contributed by atoms with Crippen molar-refractivity contribution in [1.82, 2.24) is 9.97 Å². The highest BCUT2D eigenvalue weighted by Gasteiger charge is 1.84. The summed E-state index contributed by atoms with van der Waals surface area (Å²) in [7, 11) is 0. The van der Waals surface area contributed by atoms with Crippen molar-refractivity contribution in [3.8, 4) is 0 Å². The van der Waals surface area contributed by atoms with Gasteiger partial charge >= 0.3 is 0 Å². The Kier molecular flexibility index (Phi) is 2.43. The average Bonchev–Trinajstić information content (AvgIpc) is 2.03.